The van der Waals surface area contributed by atoms with Crippen LogP contribution in [0.5, 0.6) is 0 Å². The molecule has 5 heteroatoms. The molecule has 10 heavy (non-hydrogen) atoms. The van der Waals surface area contributed by atoms with Gasteiger partial charge < -0.3 is 10.8 Å². The summed E-state index contributed by atoms with van der Waals surface area (Å²) >= 11 is 1.20. The molecular formula is C5H9N3OS. The maximum atomic E-state index is 9.24. The predicted molar refractivity (Wildman–Crippen MR) is 38.5 cm³/mol. The second-order valence-electron chi connectivity index (χ2n) is 1.87. The van der Waals surface area contributed by atoms with Crippen LogP contribution >= 0.6 is 11.5 Å². The van der Waals surface area contributed by atoms with Gasteiger partial charge in [0.15, 0.2) is 0 Å². The number of aliphatic hydroxyl groups is 1. The SMILES string of the molecule is NCCC(O)c1ncns1. The van der Waals surface area contributed by atoms with E-state index in [0.717, 1.165) is 0 Å². The van der Waals surface area contributed by atoms with Crippen molar-refractivity contribution in [1.82, 2.24) is 9.36 Å². The molecule has 1 unspecified atom stereocenters. The standard InChI is InChI=1S/C5H9N3OS/c6-2-1-4(9)5-7-3-8-10-5/h3-4,9H,1-2,6H2. The zero-order valence-electron chi connectivity index (χ0n) is 5.40. The Bertz CT molecular complexity index is 177. The summed E-state index contributed by atoms with van der Waals surface area (Å²) in [7, 11) is 0. The highest BCUT2D eigenvalue weighted by molar-refractivity contribution is 7.05. The molecular weight excluding hydrogens is 150 g/mol. The number of nitrogens with two attached hydrogens (primary N) is 1. The van der Waals surface area contributed by atoms with E-state index in [2.05, 4.69) is 9.36 Å². The Morgan fingerprint density at radius 1 is 1.80 bits per heavy atom. The Balaban J connectivity index is 2.50. The van der Waals surface area contributed by atoms with Crippen molar-refractivity contribution in [3.63, 3.8) is 0 Å². The summed E-state index contributed by atoms with van der Waals surface area (Å²) < 4.78 is 3.76. The van der Waals surface area contributed by atoms with Crippen LogP contribution < -0.4 is 5.73 Å². The van der Waals surface area contributed by atoms with Crippen molar-refractivity contribution in [2.45, 2.75) is 12.5 Å². The summed E-state index contributed by atoms with van der Waals surface area (Å²) in [6, 6.07) is 0. The molecule has 0 aliphatic rings. The Labute approximate surface area is 62.9 Å². The van der Waals surface area contributed by atoms with Crippen LogP contribution in [0.25, 0.3) is 0 Å². The first-order chi connectivity index (χ1) is 4.84. The van der Waals surface area contributed by atoms with E-state index in [1.807, 2.05) is 0 Å². The van der Waals surface area contributed by atoms with Crippen LogP contribution in [0, 0.1) is 0 Å². The van der Waals surface area contributed by atoms with E-state index >= 15 is 0 Å². The van der Waals surface area contributed by atoms with Gasteiger partial charge in [-0.1, -0.05) is 0 Å². The van der Waals surface area contributed by atoms with E-state index in [1.54, 1.807) is 0 Å². The zero-order valence-corrected chi connectivity index (χ0v) is 6.21. The second-order valence-corrected chi connectivity index (χ2v) is 2.68. The van der Waals surface area contributed by atoms with E-state index in [-0.39, 0.29) is 0 Å². The summed E-state index contributed by atoms with van der Waals surface area (Å²) in [5.74, 6) is 0. The minimum atomic E-state index is -0.530. The zero-order chi connectivity index (χ0) is 7.40. The first-order valence-corrected chi connectivity index (χ1v) is 3.76. The Morgan fingerprint density at radius 3 is 3.10 bits per heavy atom. The van der Waals surface area contributed by atoms with Gasteiger partial charge in [0, 0.05) is 0 Å². The van der Waals surface area contributed by atoms with Crippen molar-refractivity contribution in [1.29, 1.82) is 0 Å². The average Bonchev–Trinajstić information content (AvgIpc) is 2.38. The molecule has 0 amide bonds. The van der Waals surface area contributed by atoms with Gasteiger partial charge in [-0.15, -0.1) is 0 Å². The van der Waals surface area contributed by atoms with Gasteiger partial charge >= 0.3 is 0 Å². The van der Waals surface area contributed by atoms with Crippen molar-refractivity contribution < 1.29 is 5.11 Å². The van der Waals surface area contributed by atoms with Crippen LogP contribution in [0.1, 0.15) is 17.5 Å². The van der Waals surface area contributed by atoms with Crippen LogP contribution in [0.15, 0.2) is 6.33 Å². The highest BCUT2D eigenvalue weighted by Crippen LogP contribution is 2.15. The lowest BCUT2D eigenvalue weighted by Gasteiger charge is -2.01. The average molecular weight is 159 g/mol. The van der Waals surface area contributed by atoms with Crippen molar-refractivity contribution in [3.8, 4) is 0 Å². The molecule has 56 valence electrons. The van der Waals surface area contributed by atoms with Gasteiger partial charge in [-0.05, 0) is 24.5 Å². The van der Waals surface area contributed by atoms with Crippen molar-refractivity contribution in [3.05, 3.63) is 11.3 Å². The maximum Gasteiger partial charge on any atom is 0.142 e. The Morgan fingerprint density at radius 2 is 2.60 bits per heavy atom. The molecule has 3 N–H and O–H groups in total. The topological polar surface area (TPSA) is 72.0 Å². The molecule has 1 heterocycles. The van der Waals surface area contributed by atoms with Gasteiger partial charge in [-0.25, -0.2) is 4.98 Å². The molecule has 1 atom stereocenters. The molecule has 0 aliphatic carbocycles. The minimum absolute atomic E-state index is 0.473. The number of aliphatic hydroxyl groups excluding tert-OH is 1. The van der Waals surface area contributed by atoms with Gasteiger partial charge in [-0.3, -0.25) is 0 Å². The summed E-state index contributed by atoms with van der Waals surface area (Å²) in [4.78, 5) is 3.84. The van der Waals surface area contributed by atoms with E-state index < -0.39 is 6.10 Å². The molecule has 0 saturated heterocycles. The molecule has 0 aliphatic heterocycles. The molecule has 0 radical (unpaired) electrons. The van der Waals surface area contributed by atoms with Crippen LogP contribution in [0.4, 0.5) is 0 Å². The third-order valence-electron chi connectivity index (χ3n) is 1.10. The smallest absolute Gasteiger partial charge is 0.142 e. The Hall–Kier alpha value is -0.520. The third kappa shape index (κ3) is 1.73. The van der Waals surface area contributed by atoms with E-state index in [0.29, 0.717) is 18.0 Å². The largest absolute Gasteiger partial charge is 0.386 e. The lowest BCUT2D eigenvalue weighted by atomic mass is 10.3. The van der Waals surface area contributed by atoms with E-state index in [9.17, 15) is 5.11 Å². The van der Waals surface area contributed by atoms with Crippen LogP contribution in [-0.2, 0) is 0 Å². The first-order valence-electron chi connectivity index (χ1n) is 2.99. The third-order valence-corrected chi connectivity index (χ3v) is 1.87. The van der Waals surface area contributed by atoms with Crippen LogP contribution in [0.3, 0.4) is 0 Å². The fourth-order valence-electron chi connectivity index (χ4n) is 0.610. The van der Waals surface area contributed by atoms with Gasteiger partial charge in [-0.2, -0.15) is 4.37 Å². The summed E-state index contributed by atoms with van der Waals surface area (Å²) in [6.45, 7) is 0.473. The summed E-state index contributed by atoms with van der Waals surface area (Å²) in [6.07, 6.45) is 1.45. The second kappa shape index (κ2) is 3.60. The van der Waals surface area contributed by atoms with E-state index in [1.165, 1.54) is 17.9 Å². The van der Waals surface area contributed by atoms with Crippen LogP contribution in [-0.4, -0.2) is 21.0 Å². The predicted octanol–water partition coefficient (Wildman–Crippen LogP) is -0.0797. The number of hydrogen-bond donors (Lipinski definition) is 2. The molecule has 1 aromatic heterocycles. The quantitative estimate of drug-likeness (QED) is 0.647. The van der Waals surface area contributed by atoms with Crippen LogP contribution in [0.2, 0.25) is 0 Å². The Kier molecular flexibility index (Phi) is 2.73. The normalized spacial score (nSPS) is 13.4. The van der Waals surface area contributed by atoms with Crippen molar-refractivity contribution in [2.24, 2.45) is 5.73 Å². The lowest BCUT2D eigenvalue weighted by Crippen LogP contribution is -2.06. The number of rotatable bonds is 3. The fraction of sp³-hybridized carbons (Fsp3) is 0.600. The van der Waals surface area contributed by atoms with E-state index in [4.69, 9.17) is 5.73 Å². The summed E-state index contributed by atoms with van der Waals surface area (Å²) in [5, 5.41) is 9.88. The molecule has 4 nitrogen and oxygen atoms in total. The van der Waals surface area contributed by atoms with Gasteiger partial charge in [0.05, 0.1) is 0 Å². The van der Waals surface area contributed by atoms with Gasteiger partial charge in [0.1, 0.15) is 17.4 Å². The molecule has 1 rings (SSSR count). The van der Waals surface area contributed by atoms with Crippen molar-refractivity contribution >= 4 is 11.5 Å². The number of hydrogen-bond acceptors (Lipinski definition) is 5. The number of aromatic nitrogens is 2. The van der Waals surface area contributed by atoms with Crippen molar-refractivity contribution in [2.75, 3.05) is 6.54 Å². The summed E-state index contributed by atoms with van der Waals surface area (Å²) in [5.41, 5.74) is 5.23. The lowest BCUT2D eigenvalue weighted by molar-refractivity contribution is 0.170. The monoisotopic (exact) mass is 159 g/mol. The molecule has 0 aromatic carbocycles. The maximum absolute atomic E-state index is 9.24. The molecule has 0 fully saturated rings. The molecule has 0 saturated carbocycles. The molecule has 1 aromatic rings. The van der Waals surface area contributed by atoms with Gasteiger partial charge in [0.2, 0.25) is 0 Å². The first kappa shape index (κ1) is 7.59. The highest BCUT2D eigenvalue weighted by Gasteiger charge is 2.08. The molecule has 0 spiro atoms. The minimum Gasteiger partial charge on any atom is -0.386 e. The molecule has 0 bridgehead atoms. The highest BCUT2D eigenvalue weighted by atomic mass is 32.1. The van der Waals surface area contributed by atoms with Gasteiger partial charge in [0.25, 0.3) is 0 Å². The fourth-order valence-corrected chi connectivity index (χ4v) is 1.15. The number of nitrogens with zero attached hydrogens (tertiary/aromatic N) is 2.